The van der Waals surface area contributed by atoms with Gasteiger partial charge in [0, 0.05) is 25.4 Å². The molecule has 150 valence electrons. The molecule has 0 aromatic heterocycles. The van der Waals surface area contributed by atoms with Crippen molar-refractivity contribution in [1.82, 2.24) is 9.62 Å². The van der Waals surface area contributed by atoms with Gasteiger partial charge in [-0.2, -0.15) is 5.26 Å². The van der Waals surface area contributed by atoms with Gasteiger partial charge >= 0.3 is 0 Å². The molecule has 0 aliphatic carbocycles. The molecule has 0 unspecified atom stereocenters. The van der Waals surface area contributed by atoms with E-state index in [1.165, 1.54) is 11.1 Å². The number of hydrogen-bond donors (Lipinski definition) is 1. The van der Waals surface area contributed by atoms with E-state index in [1.54, 1.807) is 26.2 Å². The number of hydrogen-bond acceptors (Lipinski definition) is 6. The van der Waals surface area contributed by atoms with Gasteiger partial charge in [-0.1, -0.05) is 36.2 Å². The Morgan fingerprint density at radius 2 is 1.39 bits per heavy atom. The number of methoxy groups -OCH3 is 2. The standard InChI is InChI=1S/C22H29N3O2S/c1-22(2,17-23)24-13-14-28-25(15-18-5-9-20(26-3)10-6-18)16-19-7-11-21(27-4)12-8-19/h5-12,24H,13-16H2,1-4H3. The monoisotopic (exact) mass is 399 g/mol. The van der Waals surface area contributed by atoms with E-state index in [2.05, 4.69) is 40.0 Å². The molecule has 28 heavy (non-hydrogen) atoms. The largest absolute Gasteiger partial charge is 0.497 e. The van der Waals surface area contributed by atoms with Crippen LogP contribution in [0.5, 0.6) is 11.5 Å². The van der Waals surface area contributed by atoms with E-state index in [-0.39, 0.29) is 0 Å². The van der Waals surface area contributed by atoms with Crippen LogP contribution < -0.4 is 14.8 Å². The molecule has 0 amide bonds. The van der Waals surface area contributed by atoms with Crippen LogP contribution in [0.15, 0.2) is 48.5 Å². The molecule has 0 bridgehead atoms. The van der Waals surface area contributed by atoms with Crippen molar-refractivity contribution in [3.8, 4) is 17.6 Å². The molecule has 0 heterocycles. The molecule has 1 N–H and O–H groups in total. The summed E-state index contributed by atoms with van der Waals surface area (Å²) >= 11 is 1.78. The van der Waals surface area contributed by atoms with Gasteiger partial charge in [-0.3, -0.25) is 5.32 Å². The highest BCUT2D eigenvalue weighted by Gasteiger charge is 2.15. The summed E-state index contributed by atoms with van der Waals surface area (Å²) in [5.41, 5.74) is 1.96. The first-order chi connectivity index (χ1) is 13.5. The van der Waals surface area contributed by atoms with E-state index in [1.807, 2.05) is 38.1 Å². The van der Waals surface area contributed by atoms with Crippen LogP contribution in [0.2, 0.25) is 0 Å². The highest BCUT2D eigenvalue weighted by molar-refractivity contribution is 7.97. The van der Waals surface area contributed by atoms with E-state index in [9.17, 15) is 0 Å². The third kappa shape index (κ3) is 7.43. The minimum Gasteiger partial charge on any atom is -0.497 e. The molecule has 2 aromatic carbocycles. The Bertz CT molecular complexity index is 705. The fourth-order valence-electron chi connectivity index (χ4n) is 2.59. The average Bonchev–Trinajstić information content (AvgIpc) is 2.72. The van der Waals surface area contributed by atoms with Crippen molar-refractivity contribution >= 4 is 11.9 Å². The minimum absolute atomic E-state index is 0.503. The molecule has 0 saturated carbocycles. The maximum atomic E-state index is 9.13. The first-order valence-electron chi connectivity index (χ1n) is 9.26. The second kappa shape index (κ2) is 11.0. The van der Waals surface area contributed by atoms with E-state index in [4.69, 9.17) is 14.7 Å². The maximum Gasteiger partial charge on any atom is 0.118 e. The molecule has 2 rings (SSSR count). The van der Waals surface area contributed by atoms with Crippen LogP contribution >= 0.6 is 11.9 Å². The molecule has 0 aliphatic heterocycles. The summed E-state index contributed by atoms with van der Waals surface area (Å²) in [7, 11) is 3.35. The number of nitrogens with one attached hydrogen (secondary N) is 1. The Morgan fingerprint density at radius 3 is 1.79 bits per heavy atom. The van der Waals surface area contributed by atoms with E-state index < -0.39 is 5.54 Å². The first kappa shape index (κ1) is 22.1. The zero-order valence-electron chi connectivity index (χ0n) is 17.1. The first-order valence-corrected chi connectivity index (χ1v) is 10.2. The molecular formula is C22H29N3O2S. The quantitative estimate of drug-likeness (QED) is 0.450. The Hall–Kier alpha value is -2.20. The highest BCUT2D eigenvalue weighted by Crippen LogP contribution is 2.22. The summed E-state index contributed by atoms with van der Waals surface area (Å²) in [6.45, 7) is 6.20. The smallest absolute Gasteiger partial charge is 0.118 e. The summed E-state index contributed by atoms with van der Waals surface area (Å²) in [5, 5.41) is 12.4. The second-order valence-electron chi connectivity index (χ2n) is 6.99. The Morgan fingerprint density at radius 1 is 0.929 bits per heavy atom. The Labute approximate surface area is 172 Å². The summed E-state index contributed by atoms with van der Waals surface area (Å²) in [4.78, 5) is 0. The van der Waals surface area contributed by atoms with Gasteiger partial charge in [0.15, 0.2) is 0 Å². The molecule has 0 fully saturated rings. The van der Waals surface area contributed by atoms with Crippen LogP contribution in [-0.2, 0) is 13.1 Å². The Balaban J connectivity index is 1.99. The number of rotatable bonds is 11. The third-order valence-corrected chi connectivity index (χ3v) is 5.27. The molecule has 0 saturated heterocycles. The van der Waals surface area contributed by atoms with Crippen LogP contribution in [0, 0.1) is 11.3 Å². The van der Waals surface area contributed by atoms with Gasteiger partial charge in [-0.05, 0) is 49.2 Å². The van der Waals surface area contributed by atoms with Crippen LogP contribution in [0.4, 0.5) is 0 Å². The van der Waals surface area contributed by atoms with Crippen molar-refractivity contribution in [1.29, 1.82) is 5.26 Å². The molecule has 0 radical (unpaired) electrons. The Kier molecular flexibility index (Phi) is 8.65. The van der Waals surface area contributed by atoms with E-state index >= 15 is 0 Å². The van der Waals surface area contributed by atoms with E-state index in [0.717, 1.165) is 36.9 Å². The SMILES string of the molecule is COc1ccc(CN(Cc2ccc(OC)cc2)SCCNC(C)(C)C#N)cc1. The molecule has 0 atom stereocenters. The molecular weight excluding hydrogens is 370 g/mol. The lowest BCUT2D eigenvalue weighted by atomic mass is 10.1. The average molecular weight is 400 g/mol. The minimum atomic E-state index is -0.503. The number of benzene rings is 2. The lowest BCUT2D eigenvalue weighted by molar-refractivity contribution is 0.413. The topological polar surface area (TPSA) is 57.5 Å². The number of ether oxygens (including phenoxy) is 2. The number of nitriles is 1. The molecule has 0 aliphatic rings. The molecule has 6 heteroatoms. The zero-order valence-corrected chi connectivity index (χ0v) is 17.9. The fraction of sp³-hybridized carbons (Fsp3) is 0.409. The lowest BCUT2D eigenvalue weighted by Gasteiger charge is -2.23. The second-order valence-corrected chi connectivity index (χ2v) is 8.17. The van der Waals surface area contributed by atoms with Gasteiger partial charge in [0.25, 0.3) is 0 Å². The lowest BCUT2D eigenvalue weighted by Crippen LogP contribution is -2.39. The van der Waals surface area contributed by atoms with Crippen LogP contribution in [0.1, 0.15) is 25.0 Å². The highest BCUT2D eigenvalue weighted by atomic mass is 32.2. The van der Waals surface area contributed by atoms with E-state index in [0.29, 0.717) is 0 Å². The molecule has 2 aromatic rings. The molecule has 0 spiro atoms. The normalized spacial score (nSPS) is 11.3. The van der Waals surface area contributed by atoms with Gasteiger partial charge in [-0.25, -0.2) is 4.31 Å². The zero-order chi connectivity index (χ0) is 20.4. The predicted octanol–water partition coefficient (Wildman–Crippen LogP) is 4.25. The van der Waals surface area contributed by atoms with Crippen LogP contribution in [-0.4, -0.2) is 36.4 Å². The van der Waals surface area contributed by atoms with Gasteiger partial charge in [0.1, 0.15) is 17.0 Å². The van der Waals surface area contributed by atoms with Crippen molar-refractivity contribution in [2.45, 2.75) is 32.5 Å². The van der Waals surface area contributed by atoms with Crippen LogP contribution in [0.3, 0.4) is 0 Å². The van der Waals surface area contributed by atoms with Crippen molar-refractivity contribution in [3.05, 3.63) is 59.7 Å². The summed E-state index contributed by atoms with van der Waals surface area (Å²) in [5.74, 6) is 2.61. The van der Waals surface area contributed by atoms with Gasteiger partial charge in [0.2, 0.25) is 0 Å². The maximum absolute atomic E-state index is 9.13. The summed E-state index contributed by atoms with van der Waals surface area (Å²) < 4.78 is 12.8. The summed E-state index contributed by atoms with van der Waals surface area (Å²) in [6.07, 6.45) is 0. The predicted molar refractivity (Wildman–Crippen MR) is 115 cm³/mol. The van der Waals surface area contributed by atoms with Crippen molar-refractivity contribution in [2.24, 2.45) is 0 Å². The van der Waals surface area contributed by atoms with Crippen LogP contribution in [0.25, 0.3) is 0 Å². The van der Waals surface area contributed by atoms with Crippen molar-refractivity contribution in [3.63, 3.8) is 0 Å². The molecule has 5 nitrogen and oxygen atoms in total. The van der Waals surface area contributed by atoms with Gasteiger partial charge in [-0.15, -0.1) is 0 Å². The van der Waals surface area contributed by atoms with Crippen molar-refractivity contribution < 1.29 is 9.47 Å². The van der Waals surface area contributed by atoms with Gasteiger partial charge in [0.05, 0.1) is 20.3 Å². The summed E-state index contributed by atoms with van der Waals surface area (Å²) in [6, 6.07) is 18.6. The third-order valence-electron chi connectivity index (χ3n) is 4.26. The number of nitrogens with zero attached hydrogens (tertiary/aromatic N) is 2. The fourth-order valence-corrected chi connectivity index (χ4v) is 3.53. The van der Waals surface area contributed by atoms with Crippen molar-refractivity contribution in [2.75, 3.05) is 26.5 Å². The van der Waals surface area contributed by atoms with Gasteiger partial charge < -0.3 is 9.47 Å².